The van der Waals surface area contributed by atoms with Gasteiger partial charge >= 0.3 is 12.0 Å². The second kappa shape index (κ2) is 6.28. The van der Waals surface area contributed by atoms with Crippen LogP contribution in [0.5, 0.6) is 0 Å². The van der Waals surface area contributed by atoms with Gasteiger partial charge in [-0.25, -0.2) is 4.79 Å². The number of nitrogens with zero attached hydrogens (tertiary/aromatic N) is 2. The van der Waals surface area contributed by atoms with E-state index >= 15 is 0 Å². The number of carboxylic acids is 1. The quantitative estimate of drug-likeness (QED) is 0.680. The van der Waals surface area contributed by atoms with E-state index < -0.39 is 12.0 Å². The standard InChI is InChI=1S/C7H10N4O3S2/c1-15-7-10-6(16-11-7)9-5(14)8-3-2-4(12)13/h2-3H2,1H3,(H,12,13)(H2,8,9,10,11,14). The highest BCUT2D eigenvalue weighted by Gasteiger charge is 2.07. The molecule has 1 heterocycles. The number of carbonyl (C=O) groups excluding carboxylic acids is 1. The van der Waals surface area contributed by atoms with Crippen molar-refractivity contribution in [2.24, 2.45) is 0 Å². The summed E-state index contributed by atoms with van der Waals surface area (Å²) in [6.07, 6.45) is 1.72. The summed E-state index contributed by atoms with van der Waals surface area (Å²) < 4.78 is 3.95. The zero-order valence-corrected chi connectivity index (χ0v) is 10.0. The molecule has 9 heteroatoms. The Morgan fingerprint density at radius 3 is 2.88 bits per heavy atom. The molecular weight excluding hydrogens is 252 g/mol. The molecule has 0 fully saturated rings. The molecule has 0 aliphatic rings. The molecule has 88 valence electrons. The van der Waals surface area contributed by atoms with Gasteiger partial charge in [-0.15, -0.1) is 0 Å². The number of nitrogens with one attached hydrogen (secondary N) is 2. The number of anilines is 1. The van der Waals surface area contributed by atoms with Crippen LogP contribution >= 0.6 is 23.3 Å². The molecule has 1 aromatic heterocycles. The Hall–Kier alpha value is -1.35. The van der Waals surface area contributed by atoms with E-state index in [1.54, 1.807) is 0 Å². The van der Waals surface area contributed by atoms with Gasteiger partial charge in [-0.3, -0.25) is 10.1 Å². The maximum absolute atomic E-state index is 11.2. The van der Waals surface area contributed by atoms with Crippen LogP contribution in [0.2, 0.25) is 0 Å². The molecule has 0 unspecified atom stereocenters. The zero-order chi connectivity index (χ0) is 12.0. The van der Waals surface area contributed by atoms with Crippen LogP contribution in [-0.4, -0.2) is 39.3 Å². The van der Waals surface area contributed by atoms with Gasteiger partial charge in [0.2, 0.25) is 10.3 Å². The second-order valence-electron chi connectivity index (χ2n) is 2.61. The first kappa shape index (κ1) is 12.7. The van der Waals surface area contributed by atoms with E-state index in [-0.39, 0.29) is 13.0 Å². The number of rotatable bonds is 5. The molecule has 16 heavy (non-hydrogen) atoms. The third-order valence-corrected chi connectivity index (χ3v) is 2.73. The molecule has 1 rings (SSSR count). The molecule has 0 aliphatic heterocycles. The van der Waals surface area contributed by atoms with E-state index in [2.05, 4.69) is 20.0 Å². The fourth-order valence-corrected chi connectivity index (χ4v) is 1.89. The van der Waals surface area contributed by atoms with Gasteiger partial charge in [0, 0.05) is 18.1 Å². The van der Waals surface area contributed by atoms with Gasteiger partial charge in [0.15, 0.2) is 0 Å². The predicted molar refractivity (Wildman–Crippen MR) is 61.0 cm³/mol. The summed E-state index contributed by atoms with van der Waals surface area (Å²) >= 11 is 2.45. The lowest BCUT2D eigenvalue weighted by Gasteiger charge is -2.02. The number of hydrogen-bond acceptors (Lipinski definition) is 6. The Labute approximate surface area is 99.8 Å². The number of aromatic nitrogens is 2. The Morgan fingerprint density at radius 1 is 1.56 bits per heavy atom. The smallest absolute Gasteiger partial charge is 0.321 e. The van der Waals surface area contributed by atoms with Gasteiger partial charge in [0.25, 0.3) is 0 Å². The Kier molecular flexibility index (Phi) is 4.99. The van der Waals surface area contributed by atoms with Crippen molar-refractivity contribution in [2.45, 2.75) is 11.6 Å². The first-order chi connectivity index (χ1) is 7.61. The summed E-state index contributed by atoms with van der Waals surface area (Å²) in [6, 6.07) is -0.481. The van der Waals surface area contributed by atoms with E-state index in [0.29, 0.717) is 10.3 Å². The fraction of sp³-hybridized carbons (Fsp3) is 0.429. The average Bonchev–Trinajstić information content (AvgIpc) is 2.65. The van der Waals surface area contributed by atoms with Crippen molar-refractivity contribution in [2.75, 3.05) is 18.1 Å². The summed E-state index contributed by atoms with van der Waals surface area (Å²) in [4.78, 5) is 25.4. The van der Waals surface area contributed by atoms with Crippen LogP contribution < -0.4 is 10.6 Å². The maximum Gasteiger partial charge on any atom is 0.321 e. The SMILES string of the molecule is CSc1nsc(NC(=O)NCCC(=O)O)n1. The van der Waals surface area contributed by atoms with E-state index in [9.17, 15) is 9.59 Å². The van der Waals surface area contributed by atoms with Crippen molar-refractivity contribution in [1.29, 1.82) is 0 Å². The van der Waals surface area contributed by atoms with Crippen molar-refractivity contribution >= 4 is 40.4 Å². The minimum atomic E-state index is -0.958. The maximum atomic E-state index is 11.2. The minimum absolute atomic E-state index is 0.0787. The summed E-state index contributed by atoms with van der Waals surface area (Å²) in [5.41, 5.74) is 0. The summed E-state index contributed by atoms with van der Waals surface area (Å²) in [7, 11) is 0. The van der Waals surface area contributed by atoms with Gasteiger partial charge in [0.1, 0.15) is 0 Å². The van der Waals surface area contributed by atoms with Crippen molar-refractivity contribution < 1.29 is 14.7 Å². The monoisotopic (exact) mass is 262 g/mol. The molecule has 0 atom stereocenters. The van der Waals surface area contributed by atoms with Gasteiger partial charge in [0.05, 0.1) is 6.42 Å². The number of thioether (sulfide) groups is 1. The normalized spacial score (nSPS) is 9.81. The van der Waals surface area contributed by atoms with E-state index in [1.807, 2.05) is 6.26 Å². The van der Waals surface area contributed by atoms with Crippen molar-refractivity contribution in [3.8, 4) is 0 Å². The lowest BCUT2D eigenvalue weighted by Crippen LogP contribution is -2.30. The van der Waals surface area contributed by atoms with Crippen molar-refractivity contribution in [3.63, 3.8) is 0 Å². The molecular formula is C7H10N4O3S2. The molecule has 0 aliphatic carbocycles. The summed E-state index contributed by atoms with van der Waals surface area (Å²) in [5.74, 6) is -0.958. The fourth-order valence-electron chi connectivity index (χ4n) is 0.768. The molecule has 0 saturated carbocycles. The number of aliphatic carboxylic acids is 1. The molecule has 3 N–H and O–H groups in total. The summed E-state index contributed by atoms with van der Waals surface area (Å²) in [5, 5.41) is 14.2. The lowest BCUT2D eigenvalue weighted by atomic mass is 10.4. The topological polar surface area (TPSA) is 104 Å². The highest BCUT2D eigenvalue weighted by molar-refractivity contribution is 7.98. The molecule has 0 saturated heterocycles. The van der Waals surface area contributed by atoms with Crippen molar-refractivity contribution in [3.05, 3.63) is 0 Å². The number of amides is 2. The van der Waals surface area contributed by atoms with Gasteiger partial charge in [-0.05, 0) is 6.26 Å². The van der Waals surface area contributed by atoms with Crippen LogP contribution in [0.1, 0.15) is 6.42 Å². The molecule has 0 spiro atoms. The first-order valence-corrected chi connectivity index (χ1v) is 6.26. The van der Waals surface area contributed by atoms with Crippen LogP contribution in [0, 0.1) is 0 Å². The Bertz CT molecular complexity index is 381. The van der Waals surface area contributed by atoms with E-state index in [4.69, 9.17) is 5.11 Å². The molecule has 0 bridgehead atoms. The van der Waals surface area contributed by atoms with Crippen LogP contribution in [0.3, 0.4) is 0 Å². The number of carboxylic acid groups (broad SMARTS) is 1. The lowest BCUT2D eigenvalue weighted by molar-refractivity contribution is -0.136. The number of carbonyl (C=O) groups is 2. The van der Waals surface area contributed by atoms with Gasteiger partial charge in [-0.2, -0.15) is 9.36 Å². The molecule has 7 nitrogen and oxygen atoms in total. The van der Waals surface area contributed by atoms with Gasteiger partial charge < -0.3 is 10.4 Å². The second-order valence-corrected chi connectivity index (χ2v) is 4.14. The van der Waals surface area contributed by atoms with Gasteiger partial charge in [-0.1, -0.05) is 11.8 Å². The molecule has 0 radical (unpaired) electrons. The zero-order valence-electron chi connectivity index (χ0n) is 8.39. The van der Waals surface area contributed by atoms with E-state index in [0.717, 1.165) is 11.5 Å². The Morgan fingerprint density at radius 2 is 2.31 bits per heavy atom. The molecule has 0 aromatic carbocycles. The van der Waals surface area contributed by atoms with Crippen LogP contribution in [-0.2, 0) is 4.79 Å². The molecule has 1 aromatic rings. The first-order valence-electron chi connectivity index (χ1n) is 4.26. The minimum Gasteiger partial charge on any atom is -0.481 e. The van der Waals surface area contributed by atoms with E-state index in [1.165, 1.54) is 11.8 Å². The Balaban J connectivity index is 2.31. The number of urea groups is 1. The highest BCUT2D eigenvalue weighted by Crippen LogP contribution is 2.17. The largest absolute Gasteiger partial charge is 0.481 e. The van der Waals surface area contributed by atoms with Crippen LogP contribution in [0.15, 0.2) is 5.16 Å². The highest BCUT2D eigenvalue weighted by atomic mass is 32.2. The number of hydrogen-bond donors (Lipinski definition) is 3. The third kappa shape index (κ3) is 4.45. The van der Waals surface area contributed by atoms with Crippen molar-refractivity contribution in [1.82, 2.24) is 14.7 Å². The average molecular weight is 262 g/mol. The molecule has 2 amide bonds. The van der Waals surface area contributed by atoms with Crippen LogP contribution in [0.4, 0.5) is 9.93 Å². The van der Waals surface area contributed by atoms with Crippen LogP contribution in [0.25, 0.3) is 0 Å². The predicted octanol–water partition coefficient (Wildman–Crippen LogP) is 0.856. The summed E-state index contributed by atoms with van der Waals surface area (Å²) in [6.45, 7) is 0.0787. The third-order valence-electron chi connectivity index (χ3n) is 1.43.